The molecule has 10 heteroatoms. The molecule has 0 radical (unpaired) electrons. The van der Waals surface area contributed by atoms with E-state index in [0.29, 0.717) is 17.3 Å². The molecule has 232 valence electrons. The van der Waals surface area contributed by atoms with E-state index in [1.165, 1.54) is 17.5 Å². The maximum atomic E-state index is 12.0. The summed E-state index contributed by atoms with van der Waals surface area (Å²) in [5.41, 5.74) is 7.22. The minimum Gasteiger partial charge on any atom is -0.369 e. The summed E-state index contributed by atoms with van der Waals surface area (Å²) >= 11 is 0. The van der Waals surface area contributed by atoms with Crippen molar-refractivity contribution in [1.29, 1.82) is 0 Å². The lowest BCUT2D eigenvalue weighted by Crippen LogP contribution is -2.44. The van der Waals surface area contributed by atoms with Crippen LogP contribution in [0, 0.1) is 0 Å². The molecule has 4 aromatic rings. The zero-order valence-corrected chi connectivity index (χ0v) is 26.0. The first-order chi connectivity index (χ1) is 21.9. The minimum atomic E-state index is -0.267. The van der Waals surface area contributed by atoms with E-state index in [2.05, 4.69) is 104 Å². The van der Waals surface area contributed by atoms with E-state index < -0.39 is 0 Å². The number of benzene rings is 3. The van der Waals surface area contributed by atoms with Crippen molar-refractivity contribution in [2.75, 3.05) is 92.2 Å². The average Bonchev–Trinajstić information content (AvgIpc) is 3.07. The number of hydrogen-bond acceptors (Lipinski definition) is 9. The Morgan fingerprint density at radius 3 is 2.07 bits per heavy atom. The predicted octanol–water partition coefficient (Wildman–Crippen LogP) is 5.26. The number of aromatic nitrogens is 2. The Kier molecular flexibility index (Phi) is 9.23. The molecule has 2 aliphatic heterocycles. The Bertz CT molecular complexity index is 1620. The van der Waals surface area contributed by atoms with E-state index in [-0.39, 0.29) is 5.91 Å². The molecule has 0 bridgehead atoms. The number of piperazine rings is 2. The predicted molar refractivity (Wildman–Crippen MR) is 185 cm³/mol. The number of likely N-dealkylation sites (N-methyl/N-ethyl adjacent to an activating group) is 2. The molecule has 0 unspecified atom stereocenters. The van der Waals surface area contributed by atoms with Crippen LogP contribution in [-0.4, -0.2) is 92.1 Å². The standard InChI is InChI=1S/C35H41N9O/c1-4-33(45)38-28-8-5-7-26(23-28)34-32(37-27-11-13-30(14-12-27)43-19-15-41(2)16-20-43)25-36-35(40-34)39-29-9-6-10-31(24-29)44-21-17-42(3)18-22-44/h4-14,23-25,37H,1,15-22H2,2-3H3,(H,38,45)(H,36,39,40). The Balaban J connectivity index is 1.27. The fraction of sp³-hybridized carbons (Fsp3) is 0.286. The molecule has 1 aromatic heterocycles. The molecular formula is C35H41N9O. The van der Waals surface area contributed by atoms with Gasteiger partial charge >= 0.3 is 0 Å². The van der Waals surface area contributed by atoms with Gasteiger partial charge in [0, 0.05) is 86.4 Å². The summed E-state index contributed by atoms with van der Waals surface area (Å²) in [6, 6.07) is 24.5. The quantitative estimate of drug-likeness (QED) is 0.222. The molecule has 2 fully saturated rings. The average molecular weight is 604 g/mol. The van der Waals surface area contributed by atoms with Crippen LogP contribution < -0.4 is 25.8 Å². The van der Waals surface area contributed by atoms with Crippen LogP contribution in [0.1, 0.15) is 0 Å². The second-order valence-corrected chi connectivity index (χ2v) is 11.7. The highest BCUT2D eigenvalue weighted by molar-refractivity contribution is 5.99. The summed E-state index contributed by atoms with van der Waals surface area (Å²) in [5.74, 6) is 0.216. The molecule has 45 heavy (non-hydrogen) atoms. The van der Waals surface area contributed by atoms with Gasteiger partial charge in [0.15, 0.2) is 0 Å². The van der Waals surface area contributed by atoms with Crippen LogP contribution in [-0.2, 0) is 4.79 Å². The van der Waals surface area contributed by atoms with Crippen LogP contribution in [0.15, 0.2) is 91.6 Å². The fourth-order valence-electron chi connectivity index (χ4n) is 5.64. The third-order valence-corrected chi connectivity index (χ3v) is 8.36. The van der Waals surface area contributed by atoms with Crippen LogP contribution in [0.25, 0.3) is 11.3 Å². The number of carbonyl (C=O) groups is 1. The van der Waals surface area contributed by atoms with Crippen molar-refractivity contribution < 1.29 is 4.79 Å². The summed E-state index contributed by atoms with van der Waals surface area (Å²) in [5, 5.41) is 9.80. The van der Waals surface area contributed by atoms with Crippen molar-refractivity contribution in [3.8, 4) is 11.3 Å². The highest BCUT2D eigenvalue weighted by atomic mass is 16.1. The van der Waals surface area contributed by atoms with Crippen LogP contribution in [0.3, 0.4) is 0 Å². The molecule has 3 heterocycles. The molecule has 0 atom stereocenters. The maximum absolute atomic E-state index is 12.0. The lowest BCUT2D eigenvalue weighted by molar-refractivity contribution is -0.111. The van der Waals surface area contributed by atoms with Crippen molar-refractivity contribution in [1.82, 2.24) is 19.8 Å². The number of anilines is 7. The zero-order valence-electron chi connectivity index (χ0n) is 26.0. The first kappa shape index (κ1) is 30.1. The highest BCUT2D eigenvalue weighted by Crippen LogP contribution is 2.32. The van der Waals surface area contributed by atoms with Crippen LogP contribution in [0.4, 0.5) is 40.1 Å². The van der Waals surface area contributed by atoms with Gasteiger partial charge in [0.05, 0.1) is 17.6 Å². The number of hydrogen-bond donors (Lipinski definition) is 3. The van der Waals surface area contributed by atoms with Gasteiger partial charge in [0.2, 0.25) is 11.9 Å². The Morgan fingerprint density at radius 2 is 1.38 bits per heavy atom. The van der Waals surface area contributed by atoms with Crippen molar-refractivity contribution >= 4 is 46.0 Å². The van der Waals surface area contributed by atoms with E-state index >= 15 is 0 Å². The number of rotatable bonds is 9. The summed E-state index contributed by atoms with van der Waals surface area (Å²) in [6.45, 7) is 11.8. The zero-order chi connectivity index (χ0) is 31.2. The second kappa shape index (κ2) is 13.8. The van der Waals surface area contributed by atoms with E-state index in [1.54, 1.807) is 6.20 Å². The summed E-state index contributed by atoms with van der Waals surface area (Å²) in [4.78, 5) is 31.2. The first-order valence-electron chi connectivity index (χ1n) is 15.5. The van der Waals surface area contributed by atoms with E-state index in [9.17, 15) is 4.79 Å². The topological polar surface area (TPSA) is 91.9 Å². The monoisotopic (exact) mass is 603 g/mol. The Hall–Kier alpha value is -4.93. The van der Waals surface area contributed by atoms with Gasteiger partial charge < -0.3 is 35.6 Å². The summed E-state index contributed by atoms with van der Waals surface area (Å²) in [7, 11) is 4.33. The summed E-state index contributed by atoms with van der Waals surface area (Å²) < 4.78 is 0. The van der Waals surface area contributed by atoms with Gasteiger partial charge in [-0.1, -0.05) is 24.8 Å². The van der Waals surface area contributed by atoms with Crippen molar-refractivity contribution in [3.05, 3.63) is 91.6 Å². The Morgan fingerprint density at radius 1 is 0.733 bits per heavy atom. The van der Waals surface area contributed by atoms with Crippen molar-refractivity contribution in [2.45, 2.75) is 0 Å². The van der Waals surface area contributed by atoms with Gasteiger partial charge in [-0.2, -0.15) is 0 Å². The van der Waals surface area contributed by atoms with Gasteiger partial charge in [-0.05, 0) is 74.8 Å². The first-order valence-corrected chi connectivity index (χ1v) is 15.5. The summed E-state index contributed by atoms with van der Waals surface area (Å²) in [6.07, 6.45) is 3.06. The second-order valence-electron chi connectivity index (χ2n) is 11.7. The smallest absolute Gasteiger partial charge is 0.247 e. The number of amides is 1. The molecule has 3 aromatic carbocycles. The SMILES string of the molecule is C=CC(=O)Nc1cccc(-c2nc(Nc3cccc(N4CCN(C)CC4)c3)ncc2Nc2ccc(N3CCN(C)CC3)cc2)c1. The van der Waals surface area contributed by atoms with Gasteiger partial charge in [-0.3, -0.25) is 4.79 Å². The van der Waals surface area contributed by atoms with E-state index in [4.69, 9.17) is 4.98 Å². The number of nitrogens with one attached hydrogen (secondary N) is 3. The third-order valence-electron chi connectivity index (χ3n) is 8.36. The van der Waals surface area contributed by atoms with Crippen LogP contribution in [0.5, 0.6) is 0 Å². The van der Waals surface area contributed by atoms with Crippen LogP contribution >= 0.6 is 0 Å². The third kappa shape index (κ3) is 7.60. The molecular weight excluding hydrogens is 562 g/mol. The largest absolute Gasteiger partial charge is 0.369 e. The fourth-order valence-corrected chi connectivity index (χ4v) is 5.64. The lowest BCUT2D eigenvalue weighted by Gasteiger charge is -2.34. The molecule has 3 N–H and O–H groups in total. The molecule has 0 spiro atoms. The lowest BCUT2D eigenvalue weighted by atomic mass is 10.1. The molecule has 2 saturated heterocycles. The number of nitrogens with zero attached hydrogens (tertiary/aromatic N) is 6. The normalized spacial score (nSPS) is 15.9. The van der Waals surface area contributed by atoms with Gasteiger partial charge in [0.25, 0.3) is 0 Å². The molecule has 10 nitrogen and oxygen atoms in total. The van der Waals surface area contributed by atoms with Crippen LogP contribution in [0.2, 0.25) is 0 Å². The maximum Gasteiger partial charge on any atom is 0.247 e. The van der Waals surface area contributed by atoms with Gasteiger partial charge in [0.1, 0.15) is 0 Å². The molecule has 6 rings (SSSR count). The molecule has 0 saturated carbocycles. The van der Waals surface area contributed by atoms with Crippen molar-refractivity contribution in [2.24, 2.45) is 0 Å². The van der Waals surface area contributed by atoms with Gasteiger partial charge in [-0.25, -0.2) is 9.97 Å². The molecule has 1 amide bonds. The molecule has 0 aliphatic carbocycles. The van der Waals surface area contributed by atoms with E-state index in [1.807, 2.05) is 30.3 Å². The Labute approximate surface area is 265 Å². The van der Waals surface area contributed by atoms with Gasteiger partial charge in [-0.15, -0.1) is 0 Å². The number of carbonyl (C=O) groups excluding carboxylic acids is 1. The highest BCUT2D eigenvalue weighted by Gasteiger charge is 2.17. The van der Waals surface area contributed by atoms with E-state index in [0.717, 1.165) is 75.0 Å². The van der Waals surface area contributed by atoms with Crippen molar-refractivity contribution in [3.63, 3.8) is 0 Å². The molecule has 2 aliphatic rings. The minimum absolute atomic E-state index is 0.267.